The lowest BCUT2D eigenvalue weighted by Crippen LogP contribution is -2.35. The largest absolute Gasteiger partial charge is 0.397 e. The van der Waals surface area contributed by atoms with Crippen LogP contribution in [0.5, 0.6) is 0 Å². The second-order valence-electron chi connectivity index (χ2n) is 5.59. The fraction of sp³-hybridized carbons (Fsp3) is 0.667. The van der Waals surface area contributed by atoms with Crippen LogP contribution in [0.3, 0.4) is 0 Å². The van der Waals surface area contributed by atoms with Crippen molar-refractivity contribution >= 4 is 11.5 Å². The van der Waals surface area contributed by atoms with E-state index >= 15 is 0 Å². The average Bonchev–Trinajstić information content (AvgIpc) is 2.41. The van der Waals surface area contributed by atoms with E-state index in [4.69, 9.17) is 5.73 Å². The van der Waals surface area contributed by atoms with E-state index in [0.29, 0.717) is 6.04 Å². The third kappa shape index (κ3) is 2.77. The van der Waals surface area contributed by atoms with Crippen molar-refractivity contribution in [3.63, 3.8) is 0 Å². The van der Waals surface area contributed by atoms with Gasteiger partial charge in [0.2, 0.25) is 0 Å². The van der Waals surface area contributed by atoms with Crippen molar-refractivity contribution in [3.05, 3.63) is 17.8 Å². The number of aryl methyl sites for hydroxylation is 1. The minimum atomic E-state index is 0.642. The van der Waals surface area contributed by atoms with Gasteiger partial charge in [0.25, 0.3) is 0 Å². The summed E-state index contributed by atoms with van der Waals surface area (Å²) >= 11 is 0. The molecule has 1 saturated carbocycles. The third-order valence-electron chi connectivity index (χ3n) is 4.44. The van der Waals surface area contributed by atoms with E-state index < -0.39 is 0 Å². The van der Waals surface area contributed by atoms with Gasteiger partial charge in [-0.25, -0.2) is 4.98 Å². The van der Waals surface area contributed by atoms with Gasteiger partial charge >= 0.3 is 0 Å². The van der Waals surface area contributed by atoms with E-state index in [9.17, 15) is 0 Å². The second kappa shape index (κ2) is 5.59. The lowest BCUT2D eigenvalue weighted by atomic mass is 9.84. The summed E-state index contributed by atoms with van der Waals surface area (Å²) in [6, 6.07) is 2.74. The summed E-state index contributed by atoms with van der Waals surface area (Å²) in [5.41, 5.74) is 7.72. The highest BCUT2D eigenvalue weighted by molar-refractivity contribution is 5.52. The zero-order valence-corrected chi connectivity index (χ0v) is 11.8. The molecule has 1 aliphatic carbocycles. The van der Waals surface area contributed by atoms with Crippen LogP contribution in [0.1, 0.15) is 44.6 Å². The molecule has 1 fully saturated rings. The van der Waals surface area contributed by atoms with E-state index in [2.05, 4.69) is 29.9 Å². The highest BCUT2D eigenvalue weighted by atomic mass is 15.2. The summed E-state index contributed by atoms with van der Waals surface area (Å²) < 4.78 is 0. The number of aromatic nitrogens is 1. The van der Waals surface area contributed by atoms with Crippen molar-refractivity contribution in [2.24, 2.45) is 5.92 Å². The van der Waals surface area contributed by atoms with Gasteiger partial charge in [0, 0.05) is 13.1 Å². The molecule has 2 rings (SSSR count). The molecular weight excluding hydrogens is 222 g/mol. The van der Waals surface area contributed by atoms with Crippen molar-refractivity contribution in [3.8, 4) is 0 Å². The maximum atomic E-state index is 5.82. The van der Waals surface area contributed by atoms with Gasteiger partial charge in [0.15, 0.2) is 0 Å². The molecule has 3 nitrogen and oxygen atoms in total. The van der Waals surface area contributed by atoms with Crippen molar-refractivity contribution in [1.29, 1.82) is 0 Å². The van der Waals surface area contributed by atoms with E-state index in [0.717, 1.165) is 23.0 Å². The highest BCUT2D eigenvalue weighted by Crippen LogP contribution is 2.31. The van der Waals surface area contributed by atoms with Crippen LogP contribution in [-0.2, 0) is 0 Å². The molecule has 0 radical (unpaired) electrons. The van der Waals surface area contributed by atoms with Crippen molar-refractivity contribution in [1.82, 2.24) is 4.98 Å². The normalized spacial score (nSPS) is 23.9. The summed E-state index contributed by atoms with van der Waals surface area (Å²) in [6.07, 6.45) is 8.41. The van der Waals surface area contributed by atoms with Crippen molar-refractivity contribution in [2.45, 2.75) is 52.0 Å². The molecular formula is C15H25N3. The second-order valence-corrected chi connectivity index (χ2v) is 5.59. The molecule has 0 aromatic carbocycles. The lowest BCUT2D eigenvalue weighted by molar-refractivity contribution is 0.313. The Labute approximate surface area is 110 Å². The molecule has 100 valence electrons. The molecule has 0 amide bonds. The smallest absolute Gasteiger partial charge is 0.128 e. The Morgan fingerprint density at radius 3 is 2.56 bits per heavy atom. The average molecular weight is 247 g/mol. The van der Waals surface area contributed by atoms with E-state index in [1.54, 1.807) is 6.20 Å². The molecule has 0 atom stereocenters. The van der Waals surface area contributed by atoms with Gasteiger partial charge in [0.05, 0.1) is 11.9 Å². The van der Waals surface area contributed by atoms with E-state index in [1.807, 2.05) is 6.92 Å². The van der Waals surface area contributed by atoms with Crippen LogP contribution in [0.2, 0.25) is 0 Å². The first-order chi connectivity index (χ1) is 8.61. The number of hydrogen-bond acceptors (Lipinski definition) is 3. The monoisotopic (exact) mass is 247 g/mol. The number of hydrogen-bond donors (Lipinski definition) is 1. The Morgan fingerprint density at radius 2 is 2.00 bits per heavy atom. The summed E-state index contributed by atoms with van der Waals surface area (Å²) in [5, 5.41) is 0. The summed E-state index contributed by atoms with van der Waals surface area (Å²) in [4.78, 5) is 6.79. The molecule has 0 bridgehead atoms. The molecule has 1 aliphatic rings. The number of nitrogen functional groups attached to an aromatic ring is 1. The SMILES string of the molecule is CCC1CCC(N(C)c2cc(C)c(N)cn2)CC1. The Morgan fingerprint density at radius 1 is 1.33 bits per heavy atom. The Balaban J connectivity index is 2.03. The molecule has 2 N–H and O–H groups in total. The number of pyridine rings is 1. The maximum absolute atomic E-state index is 5.82. The number of rotatable bonds is 3. The van der Waals surface area contributed by atoms with E-state index in [1.165, 1.54) is 32.1 Å². The first-order valence-corrected chi connectivity index (χ1v) is 7.06. The summed E-state index contributed by atoms with van der Waals surface area (Å²) in [6.45, 7) is 4.35. The van der Waals surface area contributed by atoms with Gasteiger partial charge in [-0.3, -0.25) is 0 Å². The minimum Gasteiger partial charge on any atom is -0.397 e. The molecule has 0 unspecified atom stereocenters. The molecule has 0 spiro atoms. The molecule has 18 heavy (non-hydrogen) atoms. The quantitative estimate of drug-likeness (QED) is 0.890. The third-order valence-corrected chi connectivity index (χ3v) is 4.44. The standard InChI is InChI=1S/C15H25N3/c1-4-12-5-7-13(8-6-12)18(3)15-9-11(2)14(16)10-17-15/h9-10,12-13H,4-8,16H2,1-3H3. The van der Waals surface area contributed by atoms with Crippen LogP contribution < -0.4 is 10.6 Å². The van der Waals surface area contributed by atoms with Crippen LogP contribution >= 0.6 is 0 Å². The van der Waals surface area contributed by atoms with Crippen LogP contribution in [0.15, 0.2) is 12.3 Å². The van der Waals surface area contributed by atoms with E-state index in [-0.39, 0.29) is 0 Å². The van der Waals surface area contributed by atoms with Gasteiger partial charge in [-0.2, -0.15) is 0 Å². The zero-order valence-electron chi connectivity index (χ0n) is 11.8. The molecule has 1 aromatic heterocycles. The zero-order chi connectivity index (χ0) is 13.1. The van der Waals surface area contributed by atoms with Crippen LogP contribution in [-0.4, -0.2) is 18.1 Å². The fourth-order valence-corrected chi connectivity index (χ4v) is 2.87. The topological polar surface area (TPSA) is 42.1 Å². The van der Waals surface area contributed by atoms with Gasteiger partial charge in [0.1, 0.15) is 5.82 Å². The van der Waals surface area contributed by atoms with Gasteiger partial charge < -0.3 is 10.6 Å². The highest BCUT2D eigenvalue weighted by Gasteiger charge is 2.23. The predicted octanol–water partition coefficient (Wildman–Crippen LogP) is 3.38. The number of nitrogens with zero attached hydrogens (tertiary/aromatic N) is 2. The van der Waals surface area contributed by atoms with Gasteiger partial charge in [-0.05, 0) is 50.2 Å². The summed E-state index contributed by atoms with van der Waals surface area (Å²) in [7, 11) is 2.16. The molecule has 0 saturated heterocycles. The molecule has 3 heteroatoms. The fourth-order valence-electron chi connectivity index (χ4n) is 2.87. The van der Waals surface area contributed by atoms with Gasteiger partial charge in [-0.1, -0.05) is 13.3 Å². The number of anilines is 2. The Kier molecular flexibility index (Phi) is 4.10. The maximum Gasteiger partial charge on any atom is 0.128 e. The van der Waals surface area contributed by atoms with Crippen LogP contribution in [0.25, 0.3) is 0 Å². The van der Waals surface area contributed by atoms with Crippen molar-refractivity contribution < 1.29 is 0 Å². The van der Waals surface area contributed by atoms with Gasteiger partial charge in [-0.15, -0.1) is 0 Å². The predicted molar refractivity (Wildman–Crippen MR) is 77.8 cm³/mol. The van der Waals surface area contributed by atoms with Crippen LogP contribution in [0.4, 0.5) is 11.5 Å². The van der Waals surface area contributed by atoms with Crippen LogP contribution in [0, 0.1) is 12.8 Å². The summed E-state index contributed by atoms with van der Waals surface area (Å²) in [5.74, 6) is 2.00. The minimum absolute atomic E-state index is 0.642. The number of nitrogens with two attached hydrogens (primary N) is 1. The Hall–Kier alpha value is -1.25. The molecule has 1 heterocycles. The Bertz CT molecular complexity index is 395. The van der Waals surface area contributed by atoms with Crippen molar-refractivity contribution in [2.75, 3.05) is 17.7 Å². The molecule has 0 aliphatic heterocycles. The first kappa shape index (κ1) is 13.2. The first-order valence-electron chi connectivity index (χ1n) is 7.06. The molecule has 1 aromatic rings. The lowest BCUT2D eigenvalue weighted by Gasteiger charge is -2.35.